The van der Waals surface area contributed by atoms with Gasteiger partial charge in [-0.2, -0.15) is 0 Å². The van der Waals surface area contributed by atoms with Crippen molar-refractivity contribution in [3.8, 4) is 11.5 Å². The van der Waals surface area contributed by atoms with Gasteiger partial charge in [0.25, 0.3) is 0 Å². The topological polar surface area (TPSA) is 64.6 Å². The quantitative estimate of drug-likeness (QED) is 0.778. The lowest BCUT2D eigenvalue weighted by Gasteiger charge is -2.44. The lowest BCUT2D eigenvalue weighted by atomic mass is 9.77. The number of sulfonamides is 1. The van der Waals surface area contributed by atoms with E-state index in [-0.39, 0.29) is 11.6 Å². The fraction of sp³-hybridized carbons (Fsp3) is 0.478. The molecule has 1 atom stereocenters. The molecular weight excluding hydrogens is 386 g/mol. The highest BCUT2D eigenvalue weighted by molar-refractivity contribution is 7.89. The average Bonchev–Trinajstić information content (AvgIpc) is 2.70. The van der Waals surface area contributed by atoms with Crippen molar-refractivity contribution in [2.75, 3.05) is 7.11 Å². The van der Waals surface area contributed by atoms with Crippen molar-refractivity contribution in [1.82, 2.24) is 4.72 Å². The first-order chi connectivity index (χ1) is 13.9. The molecule has 1 heterocycles. The van der Waals surface area contributed by atoms with Gasteiger partial charge in [0.15, 0.2) is 0 Å². The third kappa shape index (κ3) is 3.76. The predicted octanol–water partition coefficient (Wildman–Crippen LogP) is 4.82. The van der Waals surface area contributed by atoms with E-state index in [0.29, 0.717) is 22.6 Å². The molecule has 0 radical (unpaired) electrons. The minimum Gasteiger partial charge on any atom is -0.496 e. The Morgan fingerprint density at radius 3 is 2.48 bits per heavy atom. The van der Waals surface area contributed by atoms with Crippen LogP contribution < -0.4 is 14.2 Å². The molecule has 5 nitrogen and oxygen atoms in total. The molecule has 1 aliphatic heterocycles. The highest BCUT2D eigenvalue weighted by atomic mass is 32.2. The van der Waals surface area contributed by atoms with E-state index in [9.17, 15) is 8.42 Å². The Morgan fingerprint density at radius 2 is 1.76 bits per heavy atom. The molecule has 6 heteroatoms. The van der Waals surface area contributed by atoms with Crippen molar-refractivity contribution in [1.29, 1.82) is 0 Å². The van der Waals surface area contributed by atoms with E-state index in [1.807, 2.05) is 38.1 Å². The molecule has 0 saturated heterocycles. The number of rotatable bonds is 4. The number of para-hydroxylation sites is 1. The Hall–Kier alpha value is -2.05. The maximum absolute atomic E-state index is 13.4. The highest BCUT2D eigenvalue weighted by Gasteiger charge is 2.43. The van der Waals surface area contributed by atoms with Crippen molar-refractivity contribution < 1.29 is 17.9 Å². The van der Waals surface area contributed by atoms with Crippen LogP contribution in [0.25, 0.3) is 0 Å². The van der Waals surface area contributed by atoms with Gasteiger partial charge in [-0.25, -0.2) is 13.1 Å². The summed E-state index contributed by atoms with van der Waals surface area (Å²) < 4.78 is 41.5. The van der Waals surface area contributed by atoms with Crippen LogP contribution in [0.15, 0.2) is 41.3 Å². The van der Waals surface area contributed by atoms with Crippen molar-refractivity contribution >= 4 is 10.0 Å². The number of methoxy groups -OCH3 is 1. The van der Waals surface area contributed by atoms with Crippen LogP contribution in [0, 0.1) is 13.8 Å². The van der Waals surface area contributed by atoms with Crippen molar-refractivity contribution in [2.45, 2.75) is 68.9 Å². The maximum atomic E-state index is 13.4. The molecule has 1 spiro atoms. The monoisotopic (exact) mass is 415 g/mol. The number of fused-ring (bicyclic) bond motifs is 1. The fourth-order valence-corrected chi connectivity index (χ4v) is 6.27. The second-order valence-corrected chi connectivity index (χ2v) is 9.96. The lowest BCUT2D eigenvalue weighted by molar-refractivity contribution is 0.0000750. The summed E-state index contributed by atoms with van der Waals surface area (Å²) in [4.78, 5) is 0.303. The summed E-state index contributed by atoms with van der Waals surface area (Å²) in [6, 6.07) is 10.8. The molecule has 0 aromatic heterocycles. The minimum atomic E-state index is -3.70. The third-order valence-corrected chi connectivity index (χ3v) is 8.07. The number of hydrogen-bond donors (Lipinski definition) is 1. The molecule has 2 aromatic carbocycles. The second-order valence-electron chi connectivity index (χ2n) is 8.28. The van der Waals surface area contributed by atoms with Gasteiger partial charge in [0, 0.05) is 12.0 Å². The molecule has 0 bridgehead atoms. The Morgan fingerprint density at radius 1 is 1.03 bits per heavy atom. The smallest absolute Gasteiger partial charge is 0.241 e. The lowest BCUT2D eigenvalue weighted by Crippen LogP contribution is -2.46. The average molecular weight is 416 g/mol. The zero-order chi connectivity index (χ0) is 20.6. The van der Waals surface area contributed by atoms with Gasteiger partial charge in [0.05, 0.1) is 18.0 Å². The van der Waals surface area contributed by atoms with Crippen LogP contribution in [-0.2, 0) is 10.0 Å². The normalized spacial score (nSPS) is 20.7. The third-order valence-electron chi connectivity index (χ3n) is 6.46. The molecule has 1 saturated carbocycles. The Kier molecular flexibility index (Phi) is 5.34. The molecule has 2 aromatic rings. The summed E-state index contributed by atoms with van der Waals surface area (Å²) in [6.45, 7) is 3.71. The zero-order valence-corrected chi connectivity index (χ0v) is 18.1. The maximum Gasteiger partial charge on any atom is 0.241 e. The van der Waals surface area contributed by atoms with Crippen LogP contribution in [0.2, 0.25) is 0 Å². The molecule has 156 valence electrons. The first-order valence-electron chi connectivity index (χ1n) is 10.3. The molecule has 1 N–H and O–H groups in total. The number of benzene rings is 2. The van der Waals surface area contributed by atoms with E-state index < -0.39 is 10.0 Å². The van der Waals surface area contributed by atoms with Crippen LogP contribution in [0.3, 0.4) is 0 Å². The SMILES string of the molecule is COc1ccc(S(=O)(=O)N[C@@H]2CC3(CCCCC3)Oc3ccccc32)c(C)c1C. The van der Waals surface area contributed by atoms with E-state index >= 15 is 0 Å². The molecule has 1 fully saturated rings. The second kappa shape index (κ2) is 7.65. The standard InChI is InChI=1S/C23H29NO4S/c1-16-17(2)22(12-11-20(16)27-3)29(25,26)24-19-15-23(13-7-4-8-14-23)28-21-10-6-5-9-18(19)21/h5-6,9-12,19,24H,4,7-8,13-15H2,1-3H3/t19-/m1/s1. The summed E-state index contributed by atoms with van der Waals surface area (Å²) in [6.07, 6.45) is 6.07. The van der Waals surface area contributed by atoms with Crippen LogP contribution in [0.4, 0.5) is 0 Å². The van der Waals surface area contributed by atoms with Gasteiger partial charge >= 0.3 is 0 Å². The van der Waals surface area contributed by atoms with Gasteiger partial charge in [-0.1, -0.05) is 24.6 Å². The first kappa shape index (κ1) is 20.2. The van der Waals surface area contributed by atoms with Crippen LogP contribution in [0.1, 0.15) is 61.3 Å². The van der Waals surface area contributed by atoms with Crippen molar-refractivity contribution in [2.24, 2.45) is 0 Å². The number of ether oxygens (including phenoxy) is 2. The largest absolute Gasteiger partial charge is 0.496 e. The summed E-state index contributed by atoms with van der Waals surface area (Å²) in [5, 5.41) is 0. The molecule has 0 amide bonds. The van der Waals surface area contributed by atoms with Gasteiger partial charge in [-0.15, -0.1) is 0 Å². The molecular formula is C23H29NO4S. The van der Waals surface area contributed by atoms with E-state index in [2.05, 4.69) is 4.72 Å². The Balaban J connectivity index is 1.70. The van der Waals surface area contributed by atoms with E-state index in [1.165, 1.54) is 6.42 Å². The number of hydrogen-bond acceptors (Lipinski definition) is 4. The highest BCUT2D eigenvalue weighted by Crippen LogP contribution is 2.46. The van der Waals surface area contributed by atoms with E-state index in [4.69, 9.17) is 9.47 Å². The predicted molar refractivity (Wildman–Crippen MR) is 113 cm³/mol. The van der Waals surface area contributed by atoms with Crippen LogP contribution >= 0.6 is 0 Å². The van der Waals surface area contributed by atoms with Gasteiger partial charge in [0.2, 0.25) is 10.0 Å². The minimum absolute atomic E-state index is 0.273. The number of nitrogens with one attached hydrogen (secondary N) is 1. The van der Waals surface area contributed by atoms with E-state index in [0.717, 1.165) is 42.6 Å². The Labute approximate surface area is 173 Å². The van der Waals surface area contributed by atoms with Gasteiger partial charge in [-0.3, -0.25) is 0 Å². The molecule has 1 aliphatic carbocycles. The summed E-state index contributed by atoms with van der Waals surface area (Å²) >= 11 is 0. The zero-order valence-electron chi connectivity index (χ0n) is 17.3. The van der Waals surface area contributed by atoms with E-state index in [1.54, 1.807) is 19.2 Å². The van der Waals surface area contributed by atoms with Gasteiger partial charge in [0.1, 0.15) is 17.1 Å². The molecule has 4 rings (SSSR count). The van der Waals surface area contributed by atoms with Crippen LogP contribution in [-0.4, -0.2) is 21.1 Å². The molecule has 29 heavy (non-hydrogen) atoms. The summed E-state index contributed by atoms with van der Waals surface area (Å²) in [5.41, 5.74) is 2.19. The molecule has 0 unspecified atom stereocenters. The summed E-state index contributed by atoms with van der Waals surface area (Å²) in [7, 11) is -2.10. The van der Waals surface area contributed by atoms with Gasteiger partial charge < -0.3 is 9.47 Å². The van der Waals surface area contributed by atoms with Crippen LogP contribution in [0.5, 0.6) is 11.5 Å². The van der Waals surface area contributed by atoms with Crippen molar-refractivity contribution in [3.63, 3.8) is 0 Å². The Bertz CT molecular complexity index is 1010. The fourth-order valence-electron chi connectivity index (χ4n) is 4.76. The summed E-state index contributed by atoms with van der Waals surface area (Å²) in [5.74, 6) is 1.50. The molecule has 2 aliphatic rings. The van der Waals surface area contributed by atoms with Gasteiger partial charge in [-0.05, 0) is 68.9 Å². The van der Waals surface area contributed by atoms with Crippen molar-refractivity contribution in [3.05, 3.63) is 53.1 Å². The first-order valence-corrected chi connectivity index (χ1v) is 11.8.